The molecule has 0 radical (unpaired) electrons. The highest BCUT2D eigenvalue weighted by Crippen LogP contribution is 2.35. The predicted molar refractivity (Wildman–Crippen MR) is 124 cm³/mol. The quantitative estimate of drug-likeness (QED) is 0.723. The van der Waals surface area contributed by atoms with Crippen LogP contribution in [0, 0.1) is 20.8 Å². The van der Waals surface area contributed by atoms with E-state index >= 15 is 0 Å². The van der Waals surface area contributed by atoms with Crippen molar-refractivity contribution < 1.29 is 8.42 Å². The lowest BCUT2D eigenvalue weighted by Gasteiger charge is -2.42. The number of rotatable bonds is 2. The van der Waals surface area contributed by atoms with E-state index in [0.29, 0.717) is 10.7 Å². The van der Waals surface area contributed by atoms with E-state index in [1.54, 1.807) is 0 Å². The molecule has 0 spiro atoms. The maximum Gasteiger partial charge on any atom is 0.285 e. The number of piperazine rings is 1. The van der Waals surface area contributed by atoms with Crippen molar-refractivity contribution in [2.45, 2.75) is 40.7 Å². The van der Waals surface area contributed by atoms with Crippen LogP contribution >= 0.6 is 0 Å². The summed E-state index contributed by atoms with van der Waals surface area (Å²) in [5.41, 5.74) is 6.15. The van der Waals surface area contributed by atoms with Gasteiger partial charge in [0.2, 0.25) is 0 Å². The van der Waals surface area contributed by atoms with Crippen molar-refractivity contribution in [2.75, 3.05) is 24.5 Å². The summed E-state index contributed by atoms with van der Waals surface area (Å²) in [6, 6.07) is 14.6. The Morgan fingerprint density at radius 3 is 2.40 bits per heavy atom. The minimum atomic E-state index is -3.69. The van der Waals surface area contributed by atoms with Crippen molar-refractivity contribution in [3.8, 4) is 0 Å². The molecule has 30 heavy (non-hydrogen) atoms. The standard InChI is InChI=1S/C24H29N3O2S/c1-16-7-6-8-22(13-16)27-12-11-26(15-19(27)4)24-20(5)23(30(28,29)25-24)21-10-9-17(2)18(3)14-21/h6-10,13-14,19H,11-12,15H2,1-5H3/t19-/m1/s1. The Balaban J connectivity index is 1.62. The fourth-order valence-corrected chi connectivity index (χ4v) is 5.88. The molecule has 158 valence electrons. The van der Waals surface area contributed by atoms with Gasteiger partial charge in [-0.2, -0.15) is 8.42 Å². The summed E-state index contributed by atoms with van der Waals surface area (Å²) in [6.07, 6.45) is 0. The zero-order valence-corrected chi connectivity index (χ0v) is 19.1. The van der Waals surface area contributed by atoms with Crippen LogP contribution in [0.25, 0.3) is 4.91 Å². The number of aryl methyl sites for hydroxylation is 3. The second-order valence-corrected chi connectivity index (χ2v) is 10.0. The number of hydrogen-bond donors (Lipinski definition) is 0. The van der Waals surface area contributed by atoms with Crippen molar-refractivity contribution >= 4 is 26.5 Å². The average Bonchev–Trinajstić information content (AvgIpc) is 2.93. The number of hydrogen-bond acceptors (Lipinski definition) is 4. The fraction of sp³-hybridized carbons (Fsp3) is 0.375. The zero-order chi connectivity index (χ0) is 21.6. The first-order valence-corrected chi connectivity index (χ1v) is 11.8. The molecule has 4 rings (SSSR count). The number of benzene rings is 2. The number of anilines is 1. The van der Waals surface area contributed by atoms with Crippen LogP contribution in [-0.4, -0.2) is 44.8 Å². The van der Waals surface area contributed by atoms with Gasteiger partial charge in [0.1, 0.15) is 10.7 Å². The van der Waals surface area contributed by atoms with E-state index in [1.807, 2.05) is 39.0 Å². The van der Waals surface area contributed by atoms with Gasteiger partial charge in [-0.25, -0.2) is 0 Å². The van der Waals surface area contributed by atoms with E-state index in [0.717, 1.165) is 41.9 Å². The second kappa shape index (κ2) is 7.58. The molecule has 0 saturated carbocycles. The molecular formula is C24H29N3O2S. The number of amidine groups is 1. The smallest absolute Gasteiger partial charge is 0.285 e. The molecule has 1 atom stereocenters. The summed E-state index contributed by atoms with van der Waals surface area (Å²) in [5, 5.41) is 0. The highest BCUT2D eigenvalue weighted by molar-refractivity contribution is 8.00. The molecule has 0 amide bonds. The van der Waals surface area contributed by atoms with Gasteiger partial charge >= 0.3 is 0 Å². The molecule has 6 heteroatoms. The Kier molecular flexibility index (Phi) is 5.22. The molecule has 5 nitrogen and oxygen atoms in total. The minimum Gasteiger partial charge on any atom is -0.365 e. The van der Waals surface area contributed by atoms with Crippen molar-refractivity contribution in [3.63, 3.8) is 0 Å². The molecule has 0 aromatic heterocycles. The highest BCUT2D eigenvalue weighted by atomic mass is 32.2. The molecule has 2 aliphatic rings. The van der Waals surface area contributed by atoms with Crippen LogP contribution in [0.4, 0.5) is 5.69 Å². The summed E-state index contributed by atoms with van der Waals surface area (Å²) in [5.74, 6) is 0.596. The maximum absolute atomic E-state index is 12.9. The van der Waals surface area contributed by atoms with E-state index in [2.05, 4.69) is 52.3 Å². The van der Waals surface area contributed by atoms with E-state index < -0.39 is 10.0 Å². The van der Waals surface area contributed by atoms with Crippen molar-refractivity contribution in [1.82, 2.24) is 4.90 Å². The van der Waals surface area contributed by atoms with Gasteiger partial charge in [-0.1, -0.05) is 30.3 Å². The van der Waals surface area contributed by atoms with Crippen LogP contribution in [-0.2, 0) is 10.0 Å². The third-order valence-electron chi connectivity index (χ3n) is 6.17. The van der Waals surface area contributed by atoms with Gasteiger partial charge in [-0.05, 0) is 69.0 Å². The van der Waals surface area contributed by atoms with Gasteiger partial charge in [0.25, 0.3) is 10.0 Å². The molecule has 2 heterocycles. The number of sulfonamides is 1. The molecule has 1 saturated heterocycles. The van der Waals surface area contributed by atoms with E-state index in [9.17, 15) is 8.42 Å². The first-order chi connectivity index (χ1) is 14.2. The Morgan fingerprint density at radius 1 is 0.967 bits per heavy atom. The van der Waals surface area contributed by atoms with Crippen molar-refractivity contribution in [3.05, 3.63) is 70.3 Å². The molecule has 1 fully saturated rings. The lowest BCUT2D eigenvalue weighted by atomic mass is 10.0. The van der Waals surface area contributed by atoms with E-state index in [1.165, 1.54) is 11.3 Å². The summed E-state index contributed by atoms with van der Waals surface area (Å²) >= 11 is 0. The van der Waals surface area contributed by atoms with Gasteiger partial charge in [0.05, 0.1) is 0 Å². The van der Waals surface area contributed by atoms with Gasteiger partial charge in [0, 0.05) is 36.9 Å². The van der Waals surface area contributed by atoms with Crippen molar-refractivity contribution in [1.29, 1.82) is 0 Å². The summed E-state index contributed by atoms with van der Waals surface area (Å²) in [7, 11) is -3.69. The van der Waals surface area contributed by atoms with Crippen LogP contribution in [0.2, 0.25) is 0 Å². The average molecular weight is 424 g/mol. The normalized spacial score (nSPS) is 21.2. The van der Waals surface area contributed by atoms with Crippen LogP contribution < -0.4 is 4.90 Å². The molecule has 0 bridgehead atoms. The molecule has 0 N–H and O–H groups in total. The minimum absolute atomic E-state index is 0.254. The van der Waals surface area contributed by atoms with E-state index in [-0.39, 0.29) is 6.04 Å². The summed E-state index contributed by atoms with van der Waals surface area (Å²) in [4.78, 5) is 4.85. The Morgan fingerprint density at radius 2 is 1.73 bits per heavy atom. The molecule has 2 aromatic carbocycles. The van der Waals surface area contributed by atoms with E-state index in [4.69, 9.17) is 0 Å². The monoisotopic (exact) mass is 423 g/mol. The van der Waals surface area contributed by atoms with Crippen LogP contribution in [0.5, 0.6) is 0 Å². The fourth-order valence-electron chi connectivity index (χ4n) is 4.41. The van der Waals surface area contributed by atoms with Gasteiger partial charge in [-0.3, -0.25) is 0 Å². The zero-order valence-electron chi connectivity index (χ0n) is 18.3. The van der Waals surface area contributed by atoms with Crippen LogP contribution in [0.1, 0.15) is 36.1 Å². The molecule has 2 aliphatic heterocycles. The van der Waals surface area contributed by atoms with Crippen LogP contribution in [0.15, 0.2) is 52.4 Å². The Labute approximate surface area is 179 Å². The molecule has 0 unspecified atom stereocenters. The highest BCUT2D eigenvalue weighted by Gasteiger charge is 2.36. The van der Waals surface area contributed by atoms with Gasteiger partial charge < -0.3 is 9.80 Å². The molecule has 2 aromatic rings. The van der Waals surface area contributed by atoms with Crippen molar-refractivity contribution in [2.24, 2.45) is 4.40 Å². The third kappa shape index (κ3) is 3.65. The topological polar surface area (TPSA) is 53.0 Å². The summed E-state index contributed by atoms with van der Waals surface area (Å²) < 4.78 is 30.1. The largest absolute Gasteiger partial charge is 0.365 e. The van der Waals surface area contributed by atoms with Crippen LogP contribution in [0.3, 0.4) is 0 Å². The summed E-state index contributed by atoms with van der Waals surface area (Å²) in [6.45, 7) is 12.5. The van der Waals surface area contributed by atoms with Gasteiger partial charge in [-0.15, -0.1) is 4.40 Å². The first kappa shape index (κ1) is 20.7. The Bertz CT molecular complexity index is 1160. The molecular weight excluding hydrogens is 394 g/mol. The van der Waals surface area contributed by atoms with Gasteiger partial charge in [0.15, 0.2) is 0 Å². The maximum atomic E-state index is 12.9. The third-order valence-corrected chi connectivity index (χ3v) is 7.64. The Hall–Kier alpha value is -2.60. The first-order valence-electron chi connectivity index (χ1n) is 10.4. The second-order valence-electron chi connectivity index (χ2n) is 8.47. The molecule has 0 aliphatic carbocycles. The predicted octanol–water partition coefficient (Wildman–Crippen LogP) is 4.30. The lowest BCUT2D eigenvalue weighted by Crippen LogP contribution is -2.53. The number of nitrogens with zero attached hydrogens (tertiary/aromatic N) is 3. The SMILES string of the molecule is CC1=C(c2ccc(C)c(C)c2)S(=O)(=O)N=C1N1CCN(c2cccc(C)c2)[C@H](C)C1. The lowest BCUT2D eigenvalue weighted by molar-refractivity contribution is 0.339.